The molecule has 39 heavy (non-hydrogen) atoms. The number of likely N-dealkylation sites (tertiary alicyclic amines) is 1. The molecule has 7 nitrogen and oxygen atoms in total. The van der Waals surface area contributed by atoms with Crippen molar-refractivity contribution in [2.24, 2.45) is 5.73 Å². The van der Waals surface area contributed by atoms with Gasteiger partial charge in [0.1, 0.15) is 0 Å². The maximum atomic E-state index is 13.8. The van der Waals surface area contributed by atoms with Crippen molar-refractivity contribution in [3.8, 4) is 28.7 Å². The minimum atomic E-state index is -0.883. The molecule has 2 atom stereocenters. The average Bonchev–Trinajstić information content (AvgIpc) is 3.64. The minimum absolute atomic E-state index is 0.0620. The Labute approximate surface area is 228 Å². The molecule has 0 spiro atoms. The number of hydrogen-bond donors (Lipinski definition) is 1. The molecule has 1 aliphatic rings. The number of carbonyl (C=O) groups excluding carboxylic acids is 1. The molecule has 1 aromatic heterocycles. The summed E-state index contributed by atoms with van der Waals surface area (Å²) in [6.45, 7) is 4.52. The van der Waals surface area contributed by atoms with Crippen molar-refractivity contribution < 1.29 is 9.21 Å². The van der Waals surface area contributed by atoms with E-state index in [0.29, 0.717) is 35.5 Å². The van der Waals surface area contributed by atoms with Gasteiger partial charge < -0.3 is 15.1 Å². The maximum absolute atomic E-state index is 13.8. The molecule has 1 amide bonds. The molecule has 1 fully saturated rings. The monoisotopic (exact) mass is 517 g/mol. The summed E-state index contributed by atoms with van der Waals surface area (Å²) >= 11 is 0. The lowest BCUT2D eigenvalue weighted by atomic mass is 9.94. The summed E-state index contributed by atoms with van der Waals surface area (Å²) in [4.78, 5) is 15.7. The van der Waals surface area contributed by atoms with Crippen molar-refractivity contribution in [1.82, 2.24) is 15.1 Å². The third kappa shape index (κ3) is 5.52. The van der Waals surface area contributed by atoms with Crippen LogP contribution in [0.4, 0.5) is 0 Å². The van der Waals surface area contributed by atoms with E-state index < -0.39 is 5.54 Å². The standard InChI is InChI=1S/C32H31N5O2/c1-3-10-27-14-9-16-37(27)30(38)26-18-24(28-15-8-7-13-23(28)21-33)17-25(19-26)29-35-36-31(39-29)32(2,34)20-22-11-5-4-6-12-22/h3-8,10-13,15,17-19,27H,9,14,16,20,34H2,1-2H3/t27-,32+/m0/s1. The Bertz CT molecular complexity index is 1550. The molecule has 4 aromatic rings. The van der Waals surface area contributed by atoms with Gasteiger partial charge in [0.2, 0.25) is 11.8 Å². The zero-order valence-corrected chi connectivity index (χ0v) is 22.2. The van der Waals surface area contributed by atoms with Crippen LogP contribution in [-0.2, 0) is 12.0 Å². The number of carbonyl (C=O) groups is 1. The number of aromatic nitrogens is 2. The highest BCUT2D eigenvalue weighted by atomic mass is 16.4. The minimum Gasteiger partial charge on any atom is -0.419 e. The SMILES string of the molecule is CC=C[C@H]1CCCN1C(=O)c1cc(-c2nnc([C@](C)(N)Cc3ccccc3)o2)cc(-c2ccccc2C#N)c1. The Kier molecular flexibility index (Phi) is 7.40. The third-order valence-corrected chi connectivity index (χ3v) is 7.09. The number of nitriles is 1. The first kappa shape index (κ1) is 26.1. The van der Waals surface area contributed by atoms with E-state index in [1.165, 1.54) is 0 Å². The highest BCUT2D eigenvalue weighted by molar-refractivity contribution is 5.97. The fourth-order valence-corrected chi connectivity index (χ4v) is 5.16. The number of rotatable bonds is 7. The summed E-state index contributed by atoms with van der Waals surface area (Å²) in [6, 6.07) is 25.1. The first-order chi connectivity index (χ1) is 18.9. The fraction of sp³-hybridized carbons (Fsp3) is 0.250. The molecule has 1 saturated heterocycles. The largest absolute Gasteiger partial charge is 0.419 e. The van der Waals surface area contributed by atoms with Gasteiger partial charge in [0.05, 0.1) is 23.2 Å². The molecule has 5 rings (SSSR count). The van der Waals surface area contributed by atoms with E-state index in [0.717, 1.165) is 29.5 Å². The molecular formula is C32H31N5O2. The van der Waals surface area contributed by atoms with Crippen molar-refractivity contribution in [3.63, 3.8) is 0 Å². The second-order valence-electron chi connectivity index (χ2n) is 10.2. The average molecular weight is 518 g/mol. The smallest absolute Gasteiger partial charge is 0.254 e. The summed E-state index contributed by atoms with van der Waals surface area (Å²) in [6.07, 6.45) is 6.47. The van der Waals surface area contributed by atoms with Crippen LogP contribution < -0.4 is 5.73 Å². The molecular weight excluding hydrogens is 486 g/mol. The number of benzene rings is 3. The first-order valence-electron chi connectivity index (χ1n) is 13.1. The van der Waals surface area contributed by atoms with Crippen LogP contribution in [-0.4, -0.2) is 33.6 Å². The van der Waals surface area contributed by atoms with E-state index >= 15 is 0 Å². The molecule has 3 aromatic carbocycles. The van der Waals surface area contributed by atoms with E-state index in [2.05, 4.69) is 22.3 Å². The van der Waals surface area contributed by atoms with Crippen LogP contribution in [0.1, 0.15) is 54.1 Å². The van der Waals surface area contributed by atoms with Crippen molar-refractivity contribution >= 4 is 5.91 Å². The van der Waals surface area contributed by atoms with Gasteiger partial charge in [-0.25, -0.2) is 0 Å². The Hall–Kier alpha value is -4.54. The van der Waals surface area contributed by atoms with Crippen molar-refractivity contribution in [1.29, 1.82) is 5.26 Å². The quantitative estimate of drug-likeness (QED) is 0.307. The summed E-state index contributed by atoms with van der Waals surface area (Å²) in [7, 11) is 0. The van der Waals surface area contributed by atoms with Crippen LogP contribution in [0.3, 0.4) is 0 Å². The van der Waals surface area contributed by atoms with Crippen LogP contribution in [0.5, 0.6) is 0 Å². The lowest BCUT2D eigenvalue weighted by Gasteiger charge is -2.23. The van der Waals surface area contributed by atoms with Crippen LogP contribution >= 0.6 is 0 Å². The normalized spacial score (nSPS) is 16.8. The Balaban J connectivity index is 1.56. The topological polar surface area (TPSA) is 109 Å². The highest BCUT2D eigenvalue weighted by Crippen LogP contribution is 2.33. The summed E-state index contributed by atoms with van der Waals surface area (Å²) in [5.41, 5.74) is 9.89. The van der Waals surface area contributed by atoms with E-state index in [1.54, 1.807) is 12.1 Å². The van der Waals surface area contributed by atoms with Crippen LogP contribution in [0.25, 0.3) is 22.6 Å². The van der Waals surface area contributed by atoms with Crippen LogP contribution in [0, 0.1) is 11.3 Å². The van der Waals surface area contributed by atoms with Gasteiger partial charge in [-0.15, -0.1) is 10.2 Å². The molecule has 0 unspecified atom stereocenters. The summed E-state index contributed by atoms with van der Waals surface area (Å²) < 4.78 is 6.13. The van der Waals surface area contributed by atoms with Gasteiger partial charge in [-0.05, 0) is 74.1 Å². The molecule has 1 aliphatic heterocycles. The summed E-state index contributed by atoms with van der Waals surface area (Å²) in [5, 5.41) is 18.3. The van der Waals surface area contributed by atoms with Gasteiger partial charge in [0.15, 0.2) is 0 Å². The predicted octanol–water partition coefficient (Wildman–Crippen LogP) is 5.87. The van der Waals surface area contributed by atoms with Gasteiger partial charge in [-0.3, -0.25) is 4.79 Å². The fourth-order valence-electron chi connectivity index (χ4n) is 5.16. The Morgan fingerprint density at radius 2 is 1.87 bits per heavy atom. The molecule has 0 radical (unpaired) electrons. The lowest BCUT2D eigenvalue weighted by molar-refractivity contribution is 0.0761. The molecule has 196 valence electrons. The van der Waals surface area contributed by atoms with Crippen molar-refractivity contribution in [2.75, 3.05) is 6.54 Å². The van der Waals surface area contributed by atoms with Gasteiger partial charge in [-0.2, -0.15) is 5.26 Å². The number of amides is 1. The molecule has 2 heterocycles. The molecule has 0 bridgehead atoms. The third-order valence-electron chi connectivity index (χ3n) is 7.09. The Morgan fingerprint density at radius 1 is 1.13 bits per heavy atom. The number of nitrogens with two attached hydrogens (primary N) is 1. The second kappa shape index (κ2) is 11.1. The molecule has 7 heteroatoms. The molecule has 0 aliphatic carbocycles. The van der Waals surface area contributed by atoms with Gasteiger partial charge in [-0.1, -0.05) is 60.7 Å². The van der Waals surface area contributed by atoms with E-state index in [-0.39, 0.29) is 17.8 Å². The predicted molar refractivity (Wildman–Crippen MR) is 150 cm³/mol. The highest BCUT2D eigenvalue weighted by Gasteiger charge is 2.31. The van der Waals surface area contributed by atoms with E-state index in [1.807, 2.05) is 85.5 Å². The molecule has 0 saturated carbocycles. The van der Waals surface area contributed by atoms with Crippen molar-refractivity contribution in [2.45, 2.75) is 44.7 Å². The van der Waals surface area contributed by atoms with Crippen LogP contribution in [0.2, 0.25) is 0 Å². The van der Waals surface area contributed by atoms with Crippen LogP contribution in [0.15, 0.2) is 89.4 Å². The van der Waals surface area contributed by atoms with Gasteiger partial charge in [0.25, 0.3) is 5.91 Å². The lowest BCUT2D eigenvalue weighted by Crippen LogP contribution is -2.35. The zero-order valence-electron chi connectivity index (χ0n) is 22.2. The second-order valence-corrected chi connectivity index (χ2v) is 10.2. The first-order valence-corrected chi connectivity index (χ1v) is 13.1. The maximum Gasteiger partial charge on any atom is 0.254 e. The number of allylic oxidation sites excluding steroid dienone is 1. The Morgan fingerprint density at radius 3 is 2.64 bits per heavy atom. The van der Waals surface area contributed by atoms with Gasteiger partial charge >= 0.3 is 0 Å². The van der Waals surface area contributed by atoms with E-state index in [4.69, 9.17) is 10.2 Å². The van der Waals surface area contributed by atoms with E-state index in [9.17, 15) is 10.1 Å². The summed E-state index contributed by atoms with van der Waals surface area (Å²) in [5.74, 6) is 0.511. The zero-order chi connectivity index (χ0) is 27.4. The number of nitrogens with zero attached hydrogens (tertiary/aromatic N) is 4. The molecule has 2 N–H and O–H groups in total. The van der Waals surface area contributed by atoms with Gasteiger partial charge in [0, 0.05) is 17.7 Å². The number of hydrogen-bond acceptors (Lipinski definition) is 6. The van der Waals surface area contributed by atoms with Crippen molar-refractivity contribution in [3.05, 3.63) is 108 Å².